The maximum atomic E-state index is 12.3. The molecule has 5 nitrogen and oxygen atoms in total. The first-order chi connectivity index (χ1) is 8.97. The number of carboxylic acid groups (broad SMARTS) is 1. The lowest BCUT2D eigenvalue weighted by molar-refractivity contribution is -0.0124. The zero-order valence-electron chi connectivity index (χ0n) is 11.0. The summed E-state index contributed by atoms with van der Waals surface area (Å²) in [5.41, 5.74) is 1.33. The van der Waals surface area contributed by atoms with E-state index in [0.29, 0.717) is 25.3 Å². The zero-order chi connectivity index (χ0) is 14.0. The van der Waals surface area contributed by atoms with Crippen molar-refractivity contribution in [1.82, 2.24) is 4.90 Å². The van der Waals surface area contributed by atoms with E-state index in [-0.39, 0.29) is 17.6 Å². The smallest absolute Gasteiger partial charge is 0.335 e. The molecule has 0 aliphatic carbocycles. The topological polar surface area (TPSA) is 66.8 Å². The van der Waals surface area contributed by atoms with Gasteiger partial charge in [0.2, 0.25) is 0 Å². The van der Waals surface area contributed by atoms with E-state index in [1.165, 1.54) is 6.07 Å². The van der Waals surface area contributed by atoms with Gasteiger partial charge in [0, 0.05) is 18.7 Å². The standard InChI is InChI=1S/C14H17NO4/c1-9-5-11(7-12(6-9)14(17)18)13(16)15-3-4-19-10(2)8-15/h5-7,10H,3-4,8H2,1-2H3,(H,17,18). The van der Waals surface area contributed by atoms with E-state index in [1.54, 1.807) is 24.0 Å². The van der Waals surface area contributed by atoms with Crippen LogP contribution in [0.1, 0.15) is 33.2 Å². The van der Waals surface area contributed by atoms with Crippen molar-refractivity contribution < 1.29 is 19.4 Å². The summed E-state index contributed by atoms with van der Waals surface area (Å²) in [5.74, 6) is -1.16. The molecule has 1 fully saturated rings. The summed E-state index contributed by atoms with van der Waals surface area (Å²) in [4.78, 5) is 25.1. The van der Waals surface area contributed by atoms with Crippen molar-refractivity contribution in [3.05, 3.63) is 34.9 Å². The minimum absolute atomic E-state index is 0.0152. The van der Waals surface area contributed by atoms with Crippen molar-refractivity contribution >= 4 is 11.9 Å². The highest BCUT2D eigenvalue weighted by Gasteiger charge is 2.23. The van der Waals surface area contributed by atoms with Crippen LogP contribution >= 0.6 is 0 Å². The van der Waals surface area contributed by atoms with Gasteiger partial charge in [-0.25, -0.2) is 4.79 Å². The fourth-order valence-corrected chi connectivity index (χ4v) is 2.22. The third-order valence-corrected chi connectivity index (χ3v) is 3.10. The molecule has 0 spiro atoms. The van der Waals surface area contributed by atoms with E-state index in [1.807, 2.05) is 6.92 Å². The van der Waals surface area contributed by atoms with Gasteiger partial charge in [-0.05, 0) is 37.6 Å². The molecule has 1 atom stereocenters. The van der Waals surface area contributed by atoms with Gasteiger partial charge in [-0.2, -0.15) is 0 Å². The fourth-order valence-electron chi connectivity index (χ4n) is 2.22. The molecular weight excluding hydrogens is 246 g/mol. The first-order valence-corrected chi connectivity index (χ1v) is 6.23. The number of aromatic carboxylic acids is 1. The van der Waals surface area contributed by atoms with Crippen LogP contribution in [0.2, 0.25) is 0 Å². The Hall–Kier alpha value is -1.88. The first-order valence-electron chi connectivity index (χ1n) is 6.23. The van der Waals surface area contributed by atoms with Gasteiger partial charge >= 0.3 is 5.97 Å². The predicted octanol–water partition coefficient (Wildman–Crippen LogP) is 1.55. The summed E-state index contributed by atoms with van der Waals surface area (Å²) in [6.45, 7) is 5.29. The number of amides is 1. The van der Waals surface area contributed by atoms with E-state index < -0.39 is 5.97 Å². The van der Waals surface area contributed by atoms with Crippen LogP contribution in [0.4, 0.5) is 0 Å². The van der Waals surface area contributed by atoms with E-state index in [2.05, 4.69) is 0 Å². The van der Waals surface area contributed by atoms with E-state index in [4.69, 9.17) is 9.84 Å². The third-order valence-electron chi connectivity index (χ3n) is 3.10. The fraction of sp³-hybridized carbons (Fsp3) is 0.429. The second-order valence-electron chi connectivity index (χ2n) is 4.83. The molecule has 5 heteroatoms. The molecule has 1 heterocycles. The Kier molecular flexibility index (Phi) is 3.85. The first kappa shape index (κ1) is 13.5. The van der Waals surface area contributed by atoms with Crippen LogP contribution in [0.25, 0.3) is 0 Å². The number of morpholine rings is 1. The number of rotatable bonds is 2. The zero-order valence-corrected chi connectivity index (χ0v) is 11.0. The molecular formula is C14H17NO4. The number of ether oxygens (including phenoxy) is 1. The molecule has 0 saturated carbocycles. The number of aryl methyl sites for hydroxylation is 1. The van der Waals surface area contributed by atoms with Gasteiger partial charge in [0.1, 0.15) is 0 Å². The lowest BCUT2D eigenvalue weighted by Gasteiger charge is -2.31. The average molecular weight is 263 g/mol. The van der Waals surface area contributed by atoms with Gasteiger partial charge < -0.3 is 14.7 Å². The van der Waals surface area contributed by atoms with Crippen LogP contribution in [0.3, 0.4) is 0 Å². The van der Waals surface area contributed by atoms with Crippen molar-refractivity contribution in [1.29, 1.82) is 0 Å². The SMILES string of the molecule is Cc1cc(C(=O)O)cc(C(=O)N2CCOC(C)C2)c1. The maximum Gasteiger partial charge on any atom is 0.335 e. The quantitative estimate of drug-likeness (QED) is 0.879. The van der Waals surface area contributed by atoms with Crippen LogP contribution in [0.5, 0.6) is 0 Å². The molecule has 1 amide bonds. The van der Waals surface area contributed by atoms with Crippen molar-refractivity contribution in [3.63, 3.8) is 0 Å². The maximum absolute atomic E-state index is 12.3. The van der Waals surface area contributed by atoms with E-state index in [0.717, 1.165) is 5.56 Å². The lowest BCUT2D eigenvalue weighted by Crippen LogP contribution is -2.44. The summed E-state index contributed by atoms with van der Waals surface area (Å²) in [7, 11) is 0. The van der Waals surface area contributed by atoms with Crippen LogP contribution in [0.15, 0.2) is 18.2 Å². The molecule has 19 heavy (non-hydrogen) atoms. The predicted molar refractivity (Wildman–Crippen MR) is 69.5 cm³/mol. The highest BCUT2D eigenvalue weighted by Crippen LogP contribution is 2.14. The van der Waals surface area contributed by atoms with Crippen LogP contribution in [-0.2, 0) is 4.74 Å². The molecule has 1 N–H and O–H groups in total. The third kappa shape index (κ3) is 3.12. The highest BCUT2D eigenvalue weighted by molar-refractivity contribution is 5.97. The molecule has 1 aromatic rings. The molecule has 102 valence electrons. The van der Waals surface area contributed by atoms with Gasteiger partial charge in [0.05, 0.1) is 18.3 Å². The Labute approximate surface area is 111 Å². The van der Waals surface area contributed by atoms with Gasteiger partial charge in [-0.15, -0.1) is 0 Å². The molecule has 0 radical (unpaired) electrons. The largest absolute Gasteiger partial charge is 0.478 e. The van der Waals surface area contributed by atoms with Crippen molar-refractivity contribution in [3.8, 4) is 0 Å². The Bertz CT molecular complexity index is 512. The number of nitrogens with zero attached hydrogens (tertiary/aromatic N) is 1. The van der Waals surface area contributed by atoms with Crippen LogP contribution in [0, 0.1) is 6.92 Å². The van der Waals surface area contributed by atoms with Gasteiger partial charge in [0.15, 0.2) is 0 Å². The molecule has 1 saturated heterocycles. The number of hydrogen-bond acceptors (Lipinski definition) is 3. The van der Waals surface area contributed by atoms with Gasteiger partial charge in [-0.1, -0.05) is 0 Å². The Balaban J connectivity index is 2.25. The highest BCUT2D eigenvalue weighted by atomic mass is 16.5. The van der Waals surface area contributed by atoms with Crippen molar-refractivity contribution in [2.24, 2.45) is 0 Å². The number of carbonyl (C=O) groups excluding carboxylic acids is 1. The summed E-state index contributed by atoms with van der Waals surface area (Å²) < 4.78 is 5.39. The monoisotopic (exact) mass is 263 g/mol. The van der Waals surface area contributed by atoms with E-state index >= 15 is 0 Å². The second kappa shape index (κ2) is 5.40. The molecule has 1 aliphatic heterocycles. The summed E-state index contributed by atoms with van der Waals surface area (Å²) in [6, 6.07) is 4.70. The van der Waals surface area contributed by atoms with Crippen molar-refractivity contribution in [2.45, 2.75) is 20.0 Å². The number of hydrogen-bond donors (Lipinski definition) is 1. The summed E-state index contributed by atoms with van der Waals surface area (Å²) >= 11 is 0. The minimum Gasteiger partial charge on any atom is -0.478 e. The van der Waals surface area contributed by atoms with Gasteiger partial charge in [-0.3, -0.25) is 4.79 Å². The number of carboxylic acids is 1. The number of benzene rings is 1. The number of carbonyl (C=O) groups is 2. The van der Waals surface area contributed by atoms with E-state index in [9.17, 15) is 9.59 Å². The van der Waals surface area contributed by atoms with Crippen molar-refractivity contribution in [2.75, 3.05) is 19.7 Å². The van der Waals surface area contributed by atoms with Crippen LogP contribution < -0.4 is 0 Å². The minimum atomic E-state index is -1.02. The normalized spacial score (nSPS) is 19.3. The van der Waals surface area contributed by atoms with Crippen LogP contribution in [-0.4, -0.2) is 47.7 Å². The lowest BCUT2D eigenvalue weighted by atomic mass is 10.1. The Morgan fingerprint density at radius 3 is 2.63 bits per heavy atom. The summed E-state index contributed by atoms with van der Waals surface area (Å²) in [6.07, 6.45) is 0.0152. The molecule has 0 aromatic heterocycles. The average Bonchev–Trinajstić information content (AvgIpc) is 2.37. The molecule has 0 bridgehead atoms. The Morgan fingerprint density at radius 2 is 2.00 bits per heavy atom. The second-order valence-corrected chi connectivity index (χ2v) is 4.83. The molecule has 1 aromatic carbocycles. The van der Waals surface area contributed by atoms with Gasteiger partial charge in [0.25, 0.3) is 5.91 Å². The molecule has 1 unspecified atom stereocenters. The summed E-state index contributed by atoms with van der Waals surface area (Å²) in [5, 5.41) is 9.02. The Morgan fingerprint density at radius 1 is 1.32 bits per heavy atom. The molecule has 1 aliphatic rings. The molecule has 2 rings (SSSR count).